The number of hydrogen-bond acceptors (Lipinski definition) is 5. The maximum Gasteiger partial charge on any atom is 0.269 e. The van der Waals surface area contributed by atoms with E-state index in [1.54, 1.807) is 6.26 Å². The van der Waals surface area contributed by atoms with Crippen molar-refractivity contribution in [2.45, 2.75) is 50.6 Å². The zero-order valence-corrected chi connectivity index (χ0v) is 16.9. The van der Waals surface area contributed by atoms with Crippen molar-refractivity contribution in [3.05, 3.63) is 58.5 Å². The Hall–Kier alpha value is -2.83. The van der Waals surface area contributed by atoms with Crippen LogP contribution in [0.5, 0.6) is 5.75 Å². The molecule has 4 aliphatic rings. The summed E-state index contributed by atoms with van der Waals surface area (Å²) in [7, 11) is 0. The molecule has 7 nitrogen and oxygen atoms in total. The number of carbonyl (C=O) groups excluding carboxylic acids is 1. The molecular weight excluding hydrogens is 384 g/mol. The lowest BCUT2D eigenvalue weighted by Crippen LogP contribution is -2.61. The highest BCUT2D eigenvalue weighted by Gasteiger charge is 2.54. The van der Waals surface area contributed by atoms with Crippen molar-refractivity contribution in [2.24, 2.45) is 17.8 Å². The summed E-state index contributed by atoms with van der Waals surface area (Å²) in [6, 6.07) is 9.61. The van der Waals surface area contributed by atoms with E-state index in [1.807, 2.05) is 17.0 Å². The number of benzene rings is 1. The van der Waals surface area contributed by atoms with Crippen molar-refractivity contribution >= 4 is 11.6 Å². The molecule has 0 saturated heterocycles. The van der Waals surface area contributed by atoms with Crippen molar-refractivity contribution in [3.8, 4) is 5.75 Å². The van der Waals surface area contributed by atoms with Crippen molar-refractivity contribution in [3.63, 3.8) is 0 Å². The summed E-state index contributed by atoms with van der Waals surface area (Å²) in [4.78, 5) is 25.8. The zero-order valence-electron chi connectivity index (χ0n) is 16.9. The molecule has 0 unspecified atom stereocenters. The lowest BCUT2D eigenvalue weighted by Gasteiger charge is -2.60. The second-order valence-corrected chi connectivity index (χ2v) is 9.24. The second-order valence-electron chi connectivity index (χ2n) is 9.24. The molecule has 2 aromatic rings. The van der Waals surface area contributed by atoms with Gasteiger partial charge in [0, 0.05) is 17.7 Å². The fourth-order valence-electron chi connectivity index (χ4n) is 6.36. The molecule has 0 atom stereocenters. The van der Waals surface area contributed by atoms with Crippen LogP contribution in [0.15, 0.2) is 47.1 Å². The predicted molar refractivity (Wildman–Crippen MR) is 109 cm³/mol. The smallest absolute Gasteiger partial charge is 0.269 e. The van der Waals surface area contributed by atoms with Gasteiger partial charge in [-0.05, 0) is 80.5 Å². The van der Waals surface area contributed by atoms with Crippen molar-refractivity contribution in [2.75, 3.05) is 6.61 Å². The quantitative estimate of drug-likeness (QED) is 0.493. The lowest BCUT2D eigenvalue weighted by atomic mass is 9.52. The van der Waals surface area contributed by atoms with Gasteiger partial charge in [-0.3, -0.25) is 14.9 Å². The third-order valence-corrected chi connectivity index (χ3v) is 7.18. The molecule has 4 bridgehead atoms. The first-order valence-electron chi connectivity index (χ1n) is 10.7. The normalized spacial score (nSPS) is 29.0. The second kappa shape index (κ2) is 7.45. The Morgan fingerprint density at radius 3 is 2.27 bits per heavy atom. The van der Waals surface area contributed by atoms with Gasteiger partial charge in [0.2, 0.25) is 0 Å². The molecule has 6 rings (SSSR count). The molecule has 30 heavy (non-hydrogen) atoms. The van der Waals surface area contributed by atoms with Crippen LogP contribution < -0.4 is 4.74 Å². The van der Waals surface area contributed by atoms with E-state index in [-0.39, 0.29) is 23.7 Å². The summed E-state index contributed by atoms with van der Waals surface area (Å²) in [6.07, 6.45) is 8.78. The van der Waals surface area contributed by atoms with Crippen LogP contribution in [0.25, 0.3) is 0 Å². The standard InChI is InChI=1S/C23H26N2O5/c26-22(15-30-20-5-3-19(4-6-20)25(27)28)24(14-21-2-1-7-29-21)23-11-16-8-17(12-23)10-18(9-16)13-23/h1-7,16-18H,8-15H2. The summed E-state index contributed by atoms with van der Waals surface area (Å²) in [5.41, 5.74) is -0.0982. The number of ether oxygens (including phenoxy) is 1. The van der Waals surface area contributed by atoms with Gasteiger partial charge in [0.15, 0.2) is 6.61 Å². The Morgan fingerprint density at radius 1 is 1.10 bits per heavy atom. The first-order valence-corrected chi connectivity index (χ1v) is 10.7. The number of rotatable bonds is 7. The molecule has 4 fully saturated rings. The first-order chi connectivity index (χ1) is 14.5. The Kier molecular flexibility index (Phi) is 4.76. The van der Waals surface area contributed by atoms with Gasteiger partial charge in [0.25, 0.3) is 11.6 Å². The molecule has 4 aliphatic carbocycles. The number of carbonyl (C=O) groups is 1. The highest BCUT2D eigenvalue weighted by molar-refractivity contribution is 5.78. The summed E-state index contributed by atoms with van der Waals surface area (Å²) in [5, 5.41) is 10.8. The molecule has 158 valence electrons. The molecule has 0 aliphatic heterocycles. The minimum absolute atomic E-state index is 0.00156. The topological polar surface area (TPSA) is 85.8 Å². The third-order valence-electron chi connectivity index (χ3n) is 7.18. The Bertz CT molecular complexity index is 886. The summed E-state index contributed by atoms with van der Waals surface area (Å²) < 4.78 is 11.3. The van der Waals surface area contributed by atoms with Gasteiger partial charge in [-0.2, -0.15) is 0 Å². The Morgan fingerprint density at radius 2 is 1.73 bits per heavy atom. The summed E-state index contributed by atoms with van der Waals surface area (Å²) in [5.74, 6) is 3.36. The van der Waals surface area contributed by atoms with E-state index in [1.165, 1.54) is 43.5 Å². The van der Waals surface area contributed by atoms with Gasteiger partial charge < -0.3 is 14.1 Å². The fourth-order valence-corrected chi connectivity index (χ4v) is 6.36. The highest BCUT2D eigenvalue weighted by Crippen LogP contribution is 2.58. The average Bonchev–Trinajstić information content (AvgIpc) is 3.23. The first kappa shape index (κ1) is 19.2. The zero-order chi connectivity index (χ0) is 20.7. The molecule has 0 spiro atoms. The molecule has 4 saturated carbocycles. The van der Waals surface area contributed by atoms with Gasteiger partial charge in [-0.15, -0.1) is 0 Å². The maximum atomic E-state index is 13.4. The van der Waals surface area contributed by atoms with Gasteiger partial charge in [0.05, 0.1) is 17.7 Å². The van der Waals surface area contributed by atoms with Crippen LogP contribution in [0.1, 0.15) is 44.3 Å². The van der Waals surface area contributed by atoms with Crippen LogP contribution in [0.3, 0.4) is 0 Å². The number of hydrogen-bond donors (Lipinski definition) is 0. The predicted octanol–water partition coefficient (Wildman–Crippen LogP) is 4.56. The summed E-state index contributed by atoms with van der Waals surface area (Å²) >= 11 is 0. The molecule has 1 heterocycles. The van der Waals surface area contributed by atoms with E-state index in [2.05, 4.69) is 0 Å². The van der Waals surface area contributed by atoms with Gasteiger partial charge >= 0.3 is 0 Å². The van der Waals surface area contributed by atoms with Crippen molar-refractivity contribution in [1.82, 2.24) is 4.90 Å². The number of nitrogens with zero attached hydrogens (tertiary/aromatic N) is 2. The van der Waals surface area contributed by atoms with Crippen LogP contribution in [0.4, 0.5) is 5.69 Å². The van der Waals surface area contributed by atoms with Crippen LogP contribution >= 0.6 is 0 Å². The third kappa shape index (κ3) is 3.57. The Balaban J connectivity index is 1.34. The number of furan rings is 1. The molecule has 1 aromatic carbocycles. The van der Waals surface area contributed by atoms with E-state index < -0.39 is 4.92 Å². The Labute approximate surface area is 175 Å². The summed E-state index contributed by atoms with van der Waals surface area (Å²) in [6.45, 7) is 0.377. The minimum atomic E-state index is -0.451. The monoisotopic (exact) mass is 410 g/mol. The van der Waals surface area contributed by atoms with E-state index in [0.29, 0.717) is 12.3 Å². The molecule has 1 amide bonds. The lowest BCUT2D eigenvalue weighted by molar-refractivity contribution is -0.384. The van der Waals surface area contributed by atoms with E-state index in [4.69, 9.17) is 9.15 Å². The number of amides is 1. The minimum Gasteiger partial charge on any atom is -0.484 e. The van der Waals surface area contributed by atoms with Crippen LogP contribution in [-0.2, 0) is 11.3 Å². The number of nitro groups is 1. The van der Waals surface area contributed by atoms with E-state index in [9.17, 15) is 14.9 Å². The SMILES string of the molecule is O=C(COc1ccc([N+](=O)[O-])cc1)N(Cc1ccco1)C12CC3CC(CC(C3)C1)C2. The molecule has 0 radical (unpaired) electrons. The number of non-ortho nitro benzene ring substituents is 1. The van der Waals surface area contributed by atoms with Gasteiger partial charge in [0.1, 0.15) is 11.5 Å². The van der Waals surface area contributed by atoms with E-state index in [0.717, 1.165) is 42.8 Å². The maximum absolute atomic E-state index is 13.4. The van der Waals surface area contributed by atoms with Crippen molar-refractivity contribution < 1.29 is 18.9 Å². The average molecular weight is 410 g/mol. The van der Waals surface area contributed by atoms with E-state index >= 15 is 0 Å². The van der Waals surface area contributed by atoms with Crippen molar-refractivity contribution in [1.29, 1.82) is 0 Å². The molecule has 7 heteroatoms. The number of nitro benzene ring substituents is 1. The van der Waals surface area contributed by atoms with Crippen LogP contribution in [0, 0.1) is 27.9 Å². The molecule has 0 N–H and O–H groups in total. The highest BCUT2D eigenvalue weighted by atomic mass is 16.6. The van der Waals surface area contributed by atoms with Crippen LogP contribution in [0.2, 0.25) is 0 Å². The molecule has 1 aromatic heterocycles. The van der Waals surface area contributed by atoms with Crippen LogP contribution in [-0.4, -0.2) is 27.9 Å². The molecular formula is C23H26N2O5. The van der Waals surface area contributed by atoms with Gasteiger partial charge in [-0.25, -0.2) is 0 Å². The fraction of sp³-hybridized carbons (Fsp3) is 0.522. The van der Waals surface area contributed by atoms with Gasteiger partial charge in [-0.1, -0.05) is 0 Å². The largest absolute Gasteiger partial charge is 0.484 e.